The second kappa shape index (κ2) is 3.46. The van der Waals surface area contributed by atoms with E-state index in [9.17, 15) is 5.11 Å². The molecule has 78 valence electrons. The van der Waals surface area contributed by atoms with E-state index in [1.807, 2.05) is 20.0 Å². The molecule has 0 fully saturated rings. The summed E-state index contributed by atoms with van der Waals surface area (Å²) in [4.78, 5) is 0. The molecule has 0 atom stereocenters. The summed E-state index contributed by atoms with van der Waals surface area (Å²) in [6.45, 7) is 4.05. The number of anilines is 1. The van der Waals surface area contributed by atoms with E-state index >= 15 is 0 Å². The third kappa shape index (κ3) is 1.63. The molecule has 0 saturated carbocycles. The van der Waals surface area contributed by atoms with Gasteiger partial charge in [-0.3, -0.25) is 0 Å². The van der Waals surface area contributed by atoms with E-state index in [1.165, 1.54) is 5.56 Å². The van der Waals surface area contributed by atoms with Gasteiger partial charge in [0.15, 0.2) is 0 Å². The Bertz CT molecular complexity index is 517. The summed E-state index contributed by atoms with van der Waals surface area (Å²) >= 11 is 0. The molecule has 2 N–H and O–H groups in total. The van der Waals surface area contributed by atoms with E-state index in [-0.39, 0.29) is 0 Å². The van der Waals surface area contributed by atoms with Gasteiger partial charge >= 0.3 is 0 Å². The monoisotopic (exact) mass is 201 g/mol. The summed E-state index contributed by atoms with van der Waals surface area (Å²) in [6.07, 6.45) is 0. The first-order valence-electron chi connectivity index (χ1n) is 5.03. The SMILES string of the molecule is CNc1cc2c(O)cc(C)cc2cc1C. The zero-order valence-corrected chi connectivity index (χ0v) is 9.26. The van der Waals surface area contributed by atoms with Crippen molar-refractivity contribution in [2.75, 3.05) is 12.4 Å². The molecule has 0 unspecified atom stereocenters. The lowest BCUT2D eigenvalue weighted by Crippen LogP contribution is -1.91. The number of rotatable bonds is 1. The number of hydrogen-bond donors (Lipinski definition) is 2. The first-order chi connectivity index (χ1) is 7.11. The first-order valence-corrected chi connectivity index (χ1v) is 5.03. The minimum atomic E-state index is 0.349. The van der Waals surface area contributed by atoms with Crippen LogP contribution in [0.1, 0.15) is 11.1 Å². The van der Waals surface area contributed by atoms with Gasteiger partial charge in [0.1, 0.15) is 5.75 Å². The molecular formula is C13H15NO. The van der Waals surface area contributed by atoms with Crippen LogP contribution in [0.15, 0.2) is 24.3 Å². The van der Waals surface area contributed by atoms with Crippen molar-refractivity contribution in [3.05, 3.63) is 35.4 Å². The second-order valence-corrected chi connectivity index (χ2v) is 3.92. The van der Waals surface area contributed by atoms with Crippen LogP contribution in [0.4, 0.5) is 5.69 Å². The molecule has 15 heavy (non-hydrogen) atoms. The summed E-state index contributed by atoms with van der Waals surface area (Å²) in [6, 6.07) is 7.95. The zero-order chi connectivity index (χ0) is 11.0. The van der Waals surface area contributed by atoms with Crippen molar-refractivity contribution >= 4 is 16.5 Å². The molecule has 2 aromatic carbocycles. The maximum absolute atomic E-state index is 9.84. The van der Waals surface area contributed by atoms with Gasteiger partial charge < -0.3 is 10.4 Å². The summed E-state index contributed by atoms with van der Waals surface area (Å²) in [7, 11) is 1.89. The fourth-order valence-electron chi connectivity index (χ4n) is 1.92. The van der Waals surface area contributed by atoms with Crippen LogP contribution in [-0.4, -0.2) is 12.2 Å². The summed E-state index contributed by atoms with van der Waals surface area (Å²) in [5.74, 6) is 0.349. The number of fused-ring (bicyclic) bond motifs is 1. The molecule has 0 bridgehead atoms. The third-order valence-corrected chi connectivity index (χ3v) is 2.69. The quantitative estimate of drug-likeness (QED) is 0.742. The van der Waals surface area contributed by atoms with Gasteiger partial charge in [0.2, 0.25) is 0 Å². The first kappa shape index (κ1) is 9.84. The predicted molar refractivity (Wildman–Crippen MR) is 64.6 cm³/mol. The molecular weight excluding hydrogens is 186 g/mol. The molecule has 2 rings (SSSR count). The average molecular weight is 201 g/mol. The Hall–Kier alpha value is -1.70. The van der Waals surface area contributed by atoms with Gasteiger partial charge in [-0.15, -0.1) is 0 Å². The van der Waals surface area contributed by atoms with Gasteiger partial charge in [0, 0.05) is 18.1 Å². The van der Waals surface area contributed by atoms with Crippen molar-refractivity contribution in [3.8, 4) is 5.75 Å². The molecule has 0 heterocycles. The van der Waals surface area contributed by atoms with Crippen molar-refractivity contribution in [1.29, 1.82) is 0 Å². The highest BCUT2D eigenvalue weighted by Crippen LogP contribution is 2.30. The fourth-order valence-corrected chi connectivity index (χ4v) is 1.92. The number of hydrogen-bond acceptors (Lipinski definition) is 2. The fraction of sp³-hybridized carbons (Fsp3) is 0.231. The Morgan fingerprint density at radius 1 is 1.07 bits per heavy atom. The van der Waals surface area contributed by atoms with Crippen LogP contribution >= 0.6 is 0 Å². The van der Waals surface area contributed by atoms with E-state index in [4.69, 9.17) is 0 Å². The lowest BCUT2D eigenvalue weighted by atomic mass is 10.0. The van der Waals surface area contributed by atoms with Gasteiger partial charge in [0.05, 0.1) is 0 Å². The number of aryl methyl sites for hydroxylation is 2. The maximum atomic E-state index is 9.84. The van der Waals surface area contributed by atoms with Crippen LogP contribution in [0, 0.1) is 13.8 Å². The molecule has 2 nitrogen and oxygen atoms in total. The number of benzene rings is 2. The topological polar surface area (TPSA) is 32.3 Å². The molecule has 0 radical (unpaired) electrons. The lowest BCUT2D eigenvalue weighted by Gasteiger charge is -2.09. The van der Waals surface area contributed by atoms with Crippen LogP contribution in [0.5, 0.6) is 5.75 Å². The Kier molecular flexibility index (Phi) is 2.27. The molecule has 0 aliphatic heterocycles. The van der Waals surface area contributed by atoms with Crippen LogP contribution < -0.4 is 5.32 Å². The zero-order valence-electron chi connectivity index (χ0n) is 9.26. The number of nitrogens with one attached hydrogen (secondary N) is 1. The van der Waals surface area contributed by atoms with Crippen molar-refractivity contribution in [2.45, 2.75) is 13.8 Å². The van der Waals surface area contributed by atoms with Gasteiger partial charge in [-0.25, -0.2) is 0 Å². The highest BCUT2D eigenvalue weighted by molar-refractivity contribution is 5.92. The summed E-state index contributed by atoms with van der Waals surface area (Å²) < 4.78 is 0. The van der Waals surface area contributed by atoms with Crippen LogP contribution in [0.3, 0.4) is 0 Å². The molecule has 0 aliphatic rings. The average Bonchev–Trinajstić information content (AvgIpc) is 2.16. The van der Waals surface area contributed by atoms with E-state index in [2.05, 4.69) is 24.4 Å². The van der Waals surface area contributed by atoms with Crippen LogP contribution in [-0.2, 0) is 0 Å². The van der Waals surface area contributed by atoms with Crippen molar-refractivity contribution in [2.24, 2.45) is 0 Å². The largest absolute Gasteiger partial charge is 0.507 e. The van der Waals surface area contributed by atoms with Crippen molar-refractivity contribution < 1.29 is 5.11 Å². The highest BCUT2D eigenvalue weighted by Gasteiger charge is 2.04. The molecule has 0 saturated heterocycles. The highest BCUT2D eigenvalue weighted by atomic mass is 16.3. The van der Waals surface area contributed by atoms with Gasteiger partial charge in [-0.2, -0.15) is 0 Å². The second-order valence-electron chi connectivity index (χ2n) is 3.92. The van der Waals surface area contributed by atoms with Crippen molar-refractivity contribution in [3.63, 3.8) is 0 Å². The van der Waals surface area contributed by atoms with E-state index in [1.54, 1.807) is 6.07 Å². The van der Waals surface area contributed by atoms with Crippen molar-refractivity contribution in [1.82, 2.24) is 0 Å². The Morgan fingerprint density at radius 3 is 2.47 bits per heavy atom. The van der Waals surface area contributed by atoms with Gasteiger partial charge in [0.25, 0.3) is 0 Å². The Labute approximate surface area is 89.6 Å². The molecule has 0 aliphatic carbocycles. The summed E-state index contributed by atoms with van der Waals surface area (Å²) in [5.41, 5.74) is 3.33. The van der Waals surface area contributed by atoms with Crippen LogP contribution in [0.2, 0.25) is 0 Å². The van der Waals surface area contributed by atoms with E-state index in [0.29, 0.717) is 5.75 Å². The van der Waals surface area contributed by atoms with E-state index in [0.717, 1.165) is 22.0 Å². The number of phenolic OH excluding ortho intramolecular Hbond substituents is 1. The molecule has 0 aromatic heterocycles. The predicted octanol–water partition coefficient (Wildman–Crippen LogP) is 3.20. The number of aromatic hydroxyl groups is 1. The van der Waals surface area contributed by atoms with Gasteiger partial charge in [-0.05, 0) is 48.6 Å². The minimum Gasteiger partial charge on any atom is -0.507 e. The standard InChI is InChI=1S/C13H15NO/c1-8-4-10-6-9(2)12(14-3)7-11(10)13(15)5-8/h4-7,14-15H,1-3H3. The lowest BCUT2D eigenvalue weighted by molar-refractivity contribution is 0.481. The Morgan fingerprint density at radius 2 is 1.80 bits per heavy atom. The smallest absolute Gasteiger partial charge is 0.123 e. The molecule has 0 amide bonds. The normalized spacial score (nSPS) is 10.6. The molecule has 0 spiro atoms. The number of phenols is 1. The molecule has 2 heteroatoms. The third-order valence-electron chi connectivity index (χ3n) is 2.69. The van der Waals surface area contributed by atoms with E-state index < -0.39 is 0 Å². The maximum Gasteiger partial charge on any atom is 0.123 e. The molecule has 2 aromatic rings. The Balaban J connectivity index is 2.81. The van der Waals surface area contributed by atoms with Gasteiger partial charge in [-0.1, -0.05) is 6.07 Å². The summed E-state index contributed by atoms with van der Waals surface area (Å²) in [5, 5.41) is 14.9. The minimum absolute atomic E-state index is 0.349. The van der Waals surface area contributed by atoms with Crippen LogP contribution in [0.25, 0.3) is 10.8 Å².